The summed E-state index contributed by atoms with van der Waals surface area (Å²) < 4.78 is 38.5. The van der Waals surface area contributed by atoms with Gasteiger partial charge in [-0.25, -0.2) is 8.42 Å². The summed E-state index contributed by atoms with van der Waals surface area (Å²) in [6.07, 6.45) is 0.405. The predicted molar refractivity (Wildman–Crippen MR) is 67.1 cm³/mol. The molecule has 20 heavy (non-hydrogen) atoms. The molecule has 1 aliphatic heterocycles. The monoisotopic (exact) mass is 304 g/mol. The molecule has 7 nitrogen and oxygen atoms in total. The van der Waals surface area contributed by atoms with Crippen molar-refractivity contribution in [2.75, 3.05) is 13.1 Å². The molecule has 0 atom stereocenters. The van der Waals surface area contributed by atoms with Crippen molar-refractivity contribution in [2.24, 2.45) is 0 Å². The number of aliphatic hydroxyl groups is 1. The minimum atomic E-state index is -3.95. The third-order valence-electron chi connectivity index (χ3n) is 3.35. The lowest BCUT2D eigenvalue weighted by atomic mass is 9.94. The molecule has 0 radical (unpaired) electrons. The fourth-order valence-corrected chi connectivity index (χ4v) is 3.56. The van der Waals surface area contributed by atoms with Crippen molar-refractivity contribution in [2.45, 2.75) is 23.8 Å². The lowest BCUT2D eigenvalue weighted by Crippen LogP contribution is -2.62. The Hall–Kier alpha value is -1.58. The average molecular weight is 304 g/mol. The van der Waals surface area contributed by atoms with E-state index in [-0.39, 0.29) is 18.0 Å². The Balaban J connectivity index is 2.32. The second-order valence-electron chi connectivity index (χ2n) is 4.72. The molecule has 1 aliphatic rings. The van der Waals surface area contributed by atoms with Gasteiger partial charge in [-0.3, -0.25) is 10.1 Å². The molecule has 0 amide bonds. The summed E-state index contributed by atoms with van der Waals surface area (Å²) in [6.45, 7) is 1.58. The van der Waals surface area contributed by atoms with E-state index in [4.69, 9.17) is 0 Å². The number of benzene rings is 1. The van der Waals surface area contributed by atoms with E-state index in [1.165, 1.54) is 0 Å². The fourth-order valence-electron chi connectivity index (χ4n) is 1.95. The smallest absolute Gasteiger partial charge is 0.306 e. The molecule has 1 fully saturated rings. The second kappa shape index (κ2) is 4.76. The van der Waals surface area contributed by atoms with Gasteiger partial charge in [-0.15, -0.1) is 0 Å². The number of hydrogen-bond acceptors (Lipinski definition) is 5. The highest BCUT2D eigenvalue weighted by Crippen LogP contribution is 2.31. The normalized spacial score (nSPS) is 18.6. The Morgan fingerprint density at radius 3 is 2.60 bits per heavy atom. The number of nitrogens with zero attached hydrogens (tertiary/aromatic N) is 2. The second-order valence-corrected chi connectivity index (χ2v) is 6.66. The quantitative estimate of drug-likeness (QED) is 0.657. The van der Waals surface area contributed by atoms with E-state index in [0.717, 1.165) is 16.4 Å². The zero-order valence-electron chi connectivity index (χ0n) is 10.6. The third-order valence-corrected chi connectivity index (χ3v) is 5.14. The number of hydrogen-bond donors (Lipinski definition) is 1. The van der Waals surface area contributed by atoms with E-state index in [2.05, 4.69) is 0 Å². The Morgan fingerprint density at radius 2 is 2.10 bits per heavy atom. The lowest BCUT2D eigenvalue weighted by Gasteiger charge is -2.44. The summed E-state index contributed by atoms with van der Waals surface area (Å²) in [5.74, 6) is -1.09. The van der Waals surface area contributed by atoms with Gasteiger partial charge in [0.25, 0.3) is 0 Å². The Morgan fingerprint density at radius 1 is 1.50 bits per heavy atom. The first-order valence-electron chi connectivity index (χ1n) is 5.86. The van der Waals surface area contributed by atoms with Gasteiger partial charge in [-0.2, -0.15) is 8.70 Å². The van der Waals surface area contributed by atoms with Crippen molar-refractivity contribution in [3.05, 3.63) is 34.1 Å². The van der Waals surface area contributed by atoms with E-state index in [1.807, 2.05) is 0 Å². The molecule has 110 valence electrons. The summed E-state index contributed by atoms with van der Waals surface area (Å²) in [4.78, 5) is 9.28. The molecular weight excluding hydrogens is 291 g/mol. The number of nitro groups is 1. The van der Waals surface area contributed by atoms with E-state index >= 15 is 0 Å². The summed E-state index contributed by atoms with van der Waals surface area (Å²) in [5.41, 5.74) is -1.95. The molecule has 0 saturated carbocycles. The van der Waals surface area contributed by atoms with E-state index in [0.29, 0.717) is 12.5 Å². The first kappa shape index (κ1) is 14.8. The maximum Gasteiger partial charge on any atom is 0.306 e. The molecule has 0 unspecified atom stereocenters. The summed E-state index contributed by atoms with van der Waals surface area (Å²) in [7, 11) is -3.95. The van der Waals surface area contributed by atoms with Crippen LogP contribution in [0.3, 0.4) is 0 Å². The van der Waals surface area contributed by atoms with Crippen LogP contribution < -0.4 is 0 Å². The maximum absolute atomic E-state index is 13.2. The molecule has 1 aromatic carbocycles. The van der Waals surface area contributed by atoms with Gasteiger partial charge in [0.1, 0.15) is 0 Å². The van der Waals surface area contributed by atoms with Crippen molar-refractivity contribution in [1.29, 1.82) is 0 Å². The van der Waals surface area contributed by atoms with Crippen LogP contribution in [0, 0.1) is 15.9 Å². The maximum atomic E-state index is 13.2. The molecule has 1 N–H and O–H groups in total. The number of nitro benzene ring substituents is 1. The summed E-state index contributed by atoms with van der Waals surface area (Å²) in [5, 5.41) is 20.4. The Bertz CT molecular complexity index is 655. The van der Waals surface area contributed by atoms with Crippen molar-refractivity contribution in [3.63, 3.8) is 0 Å². The predicted octanol–water partition coefficient (Wildman–Crippen LogP) is 0.879. The highest BCUT2D eigenvalue weighted by molar-refractivity contribution is 7.89. The SMILES string of the molecule is CCC1(O)CN(S(=O)(=O)c2ccc(F)c([N+](=O)[O-])c2)C1. The van der Waals surface area contributed by atoms with Crippen LogP contribution in [0.5, 0.6) is 0 Å². The van der Waals surface area contributed by atoms with Gasteiger partial charge in [0, 0.05) is 19.2 Å². The van der Waals surface area contributed by atoms with Crippen LogP contribution in [0.1, 0.15) is 13.3 Å². The van der Waals surface area contributed by atoms with Gasteiger partial charge >= 0.3 is 5.69 Å². The topological polar surface area (TPSA) is 101 Å². The van der Waals surface area contributed by atoms with Crippen LogP contribution in [0.25, 0.3) is 0 Å². The highest BCUT2D eigenvalue weighted by atomic mass is 32.2. The van der Waals surface area contributed by atoms with Gasteiger partial charge in [0.05, 0.1) is 15.4 Å². The number of halogens is 1. The van der Waals surface area contributed by atoms with Crippen molar-refractivity contribution >= 4 is 15.7 Å². The van der Waals surface area contributed by atoms with E-state index in [1.54, 1.807) is 6.92 Å². The van der Waals surface area contributed by atoms with Gasteiger partial charge < -0.3 is 5.11 Å². The average Bonchev–Trinajstić information content (AvgIpc) is 2.34. The van der Waals surface area contributed by atoms with Gasteiger partial charge in [0.2, 0.25) is 15.8 Å². The standard InChI is InChI=1S/C11H13FN2O5S/c1-2-11(15)6-13(7-11)20(18,19)8-3-4-9(12)10(5-8)14(16)17/h3-5,15H,2,6-7H2,1H3. The van der Waals surface area contributed by atoms with Gasteiger partial charge in [0.15, 0.2) is 0 Å². The molecular formula is C11H13FN2O5S. The van der Waals surface area contributed by atoms with Crippen LogP contribution in [-0.2, 0) is 10.0 Å². The first-order chi connectivity index (χ1) is 9.19. The highest BCUT2D eigenvalue weighted by Gasteiger charge is 2.46. The number of β-amino-alcohol motifs (C(OH)–C–C–N with tert-alkyl or cyclic N) is 1. The van der Waals surface area contributed by atoms with Crippen LogP contribution in [0.4, 0.5) is 10.1 Å². The van der Waals surface area contributed by atoms with Crippen LogP contribution in [0.2, 0.25) is 0 Å². The van der Waals surface area contributed by atoms with Crippen molar-refractivity contribution in [1.82, 2.24) is 4.31 Å². The molecule has 1 aromatic rings. The first-order valence-corrected chi connectivity index (χ1v) is 7.30. The number of rotatable bonds is 4. The molecule has 0 aromatic heterocycles. The summed E-state index contributed by atoms with van der Waals surface area (Å²) in [6, 6.07) is 2.41. The zero-order valence-corrected chi connectivity index (χ0v) is 11.4. The molecule has 0 aliphatic carbocycles. The minimum absolute atomic E-state index is 0.0724. The lowest BCUT2D eigenvalue weighted by molar-refractivity contribution is -0.387. The van der Waals surface area contributed by atoms with E-state index in [9.17, 15) is 28.0 Å². The zero-order chi connectivity index (χ0) is 15.1. The molecule has 2 rings (SSSR count). The molecule has 9 heteroatoms. The third kappa shape index (κ3) is 2.39. The van der Waals surface area contributed by atoms with Crippen LogP contribution >= 0.6 is 0 Å². The number of sulfonamides is 1. The minimum Gasteiger partial charge on any atom is -0.387 e. The van der Waals surface area contributed by atoms with Gasteiger partial charge in [-0.1, -0.05) is 6.92 Å². The van der Waals surface area contributed by atoms with Crippen molar-refractivity contribution in [3.8, 4) is 0 Å². The van der Waals surface area contributed by atoms with Crippen LogP contribution in [0.15, 0.2) is 23.1 Å². The fraction of sp³-hybridized carbons (Fsp3) is 0.455. The Kier molecular flexibility index (Phi) is 3.53. The van der Waals surface area contributed by atoms with Gasteiger partial charge in [-0.05, 0) is 18.6 Å². The van der Waals surface area contributed by atoms with E-state index < -0.39 is 32.1 Å². The summed E-state index contributed by atoms with van der Waals surface area (Å²) >= 11 is 0. The molecule has 0 spiro atoms. The van der Waals surface area contributed by atoms with Crippen molar-refractivity contribution < 1.29 is 22.8 Å². The molecule has 1 saturated heterocycles. The largest absolute Gasteiger partial charge is 0.387 e. The molecule has 1 heterocycles. The van der Waals surface area contributed by atoms with Crippen LogP contribution in [-0.4, -0.2) is 41.4 Å². The Labute approximate surface area is 114 Å². The molecule has 0 bridgehead atoms.